The van der Waals surface area contributed by atoms with E-state index in [1.807, 2.05) is 0 Å². The zero-order valence-electron chi connectivity index (χ0n) is 14.4. The summed E-state index contributed by atoms with van der Waals surface area (Å²) < 4.78 is 6.60. The predicted octanol–water partition coefficient (Wildman–Crippen LogP) is 2.63. The molecule has 1 aromatic rings. The largest absolute Gasteiger partial charge is 0.444 e. The van der Waals surface area contributed by atoms with Crippen molar-refractivity contribution in [3.8, 4) is 0 Å². The maximum Gasteiger partial charge on any atom is 0.407 e. The number of amides is 1. The lowest BCUT2D eigenvalue weighted by Gasteiger charge is -2.25. The zero-order valence-corrected chi connectivity index (χ0v) is 15.2. The molecule has 0 atom stereocenters. The number of carbonyl (C=O) groups excluding carboxylic acids is 1. The first kappa shape index (κ1) is 18.6. The second-order valence-electron chi connectivity index (χ2n) is 7.01. The first-order chi connectivity index (χ1) is 11.3. The minimum absolute atomic E-state index is 0.230. The fourth-order valence-corrected chi connectivity index (χ4v) is 2.54. The maximum absolute atomic E-state index is 12.4. The van der Waals surface area contributed by atoms with Gasteiger partial charge in [-0.25, -0.2) is 9.48 Å². The Morgan fingerprint density at radius 2 is 2.12 bits per heavy atom. The SMILES string of the molecule is CC(C)(C)OC(=O)NCCNc1c(Cl)cnn(CC2CCC2)c1=O. The number of carbonyl (C=O) groups is 1. The molecule has 134 valence electrons. The first-order valence-corrected chi connectivity index (χ1v) is 8.60. The maximum atomic E-state index is 12.4. The van der Waals surface area contributed by atoms with Crippen LogP contribution in [-0.4, -0.2) is 34.6 Å². The average molecular weight is 357 g/mol. The molecule has 1 amide bonds. The molecule has 1 saturated carbocycles. The zero-order chi connectivity index (χ0) is 17.7. The van der Waals surface area contributed by atoms with Crippen molar-refractivity contribution in [1.29, 1.82) is 0 Å². The number of hydrogen-bond acceptors (Lipinski definition) is 5. The number of nitrogens with zero attached hydrogens (tertiary/aromatic N) is 2. The van der Waals surface area contributed by atoms with Crippen LogP contribution in [0.15, 0.2) is 11.0 Å². The molecule has 0 unspecified atom stereocenters. The van der Waals surface area contributed by atoms with Crippen LogP contribution < -0.4 is 16.2 Å². The van der Waals surface area contributed by atoms with Gasteiger partial charge < -0.3 is 15.4 Å². The summed E-state index contributed by atoms with van der Waals surface area (Å²) in [6.07, 6.45) is 4.48. The van der Waals surface area contributed by atoms with Gasteiger partial charge >= 0.3 is 6.09 Å². The molecule has 1 aliphatic rings. The molecule has 1 heterocycles. The van der Waals surface area contributed by atoms with Gasteiger partial charge in [0.2, 0.25) is 0 Å². The van der Waals surface area contributed by atoms with Gasteiger partial charge in [0.15, 0.2) is 0 Å². The molecule has 0 radical (unpaired) electrons. The van der Waals surface area contributed by atoms with E-state index in [1.54, 1.807) is 20.8 Å². The van der Waals surface area contributed by atoms with E-state index in [1.165, 1.54) is 17.3 Å². The van der Waals surface area contributed by atoms with Crippen LogP contribution in [-0.2, 0) is 11.3 Å². The van der Waals surface area contributed by atoms with Gasteiger partial charge in [-0.15, -0.1) is 0 Å². The lowest BCUT2D eigenvalue weighted by atomic mass is 9.85. The second kappa shape index (κ2) is 7.88. The van der Waals surface area contributed by atoms with Crippen LogP contribution in [0.1, 0.15) is 40.0 Å². The Hall–Kier alpha value is -1.76. The Morgan fingerprint density at radius 1 is 1.42 bits per heavy atom. The van der Waals surface area contributed by atoms with Crippen molar-refractivity contribution in [2.24, 2.45) is 5.92 Å². The highest BCUT2D eigenvalue weighted by Crippen LogP contribution is 2.27. The van der Waals surface area contributed by atoms with E-state index in [0.717, 1.165) is 12.8 Å². The minimum Gasteiger partial charge on any atom is -0.444 e. The summed E-state index contributed by atoms with van der Waals surface area (Å²) in [5.74, 6) is 0.526. The summed E-state index contributed by atoms with van der Waals surface area (Å²) >= 11 is 6.06. The molecule has 2 N–H and O–H groups in total. The molecule has 7 nitrogen and oxygen atoms in total. The van der Waals surface area contributed by atoms with Crippen molar-refractivity contribution in [2.45, 2.75) is 52.2 Å². The van der Waals surface area contributed by atoms with Gasteiger partial charge in [0.1, 0.15) is 11.3 Å². The fraction of sp³-hybridized carbons (Fsp3) is 0.688. The van der Waals surface area contributed by atoms with Crippen LogP contribution in [0.5, 0.6) is 0 Å². The van der Waals surface area contributed by atoms with Crippen LogP contribution in [0, 0.1) is 5.92 Å². The number of halogens is 1. The number of aromatic nitrogens is 2. The fourth-order valence-electron chi connectivity index (χ4n) is 2.34. The normalized spacial score (nSPS) is 14.8. The number of ether oxygens (including phenoxy) is 1. The smallest absolute Gasteiger partial charge is 0.407 e. The van der Waals surface area contributed by atoms with Crippen molar-refractivity contribution >= 4 is 23.4 Å². The highest BCUT2D eigenvalue weighted by Gasteiger charge is 2.20. The Balaban J connectivity index is 1.86. The lowest BCUT2D eigenvalue weighted by Crippen LogP contribution is -2.36. The molecule has 1 fully saturated rings. The summed E-state index contributed by atoms with van der Waals surface area (Å²) in [5, 5.41) is 9.98. The van der Waals surface area contributed by atoms with Crippen LogP contribution >= 0.6 is 11.6 Å². The average Bonchev–Trinajstić information content (AvgIpc) is 2.41. The third-order valence-corrected chi connectivity index (χ3v) is 4.04. The van der Waals surface area contributed by atoms with Crippen molar-refractivity contribution in [1.82, 2.24) is 15.1 Å². The van der Waals surface area contributed by atoms with E-state index in [9.17, 15) is 9.59 Å². The van der Waals surface area contributed by atoms with Crippen molar-refractivity contribution in [2.75, 3.05) is 18.4 Å². The third-order valence-electron chi connectivity index (χ3n) is 3.75. The molecule has 0 aliphatic heterocycles. The van der Waals surface area contributed by atoms with Gasteiger partial charge in [-0.1, -0.05) is 18.0 Å². The minimum atomic E-state index is -0.541. The highest BCUT2D eigenvalue weighted by atomic mass is 35.5. The standard InChI is InChI=1S/C16H25ClN4O3/c1-16(2,3)24-15(23)19-8-7-18-13-12(17)9-20-21(14(13)22)10-11-5-4-6-11/h9,11,18H,4-8,10H2,1-3H3,(H,19,23). The number of hydrogen-bond donors (Lipinski definition) is 2. The Labute approximate surface area is 146 Å². The van der Waals surface area contributed by atoms with E-state index in [2.05, 4.69) is 15.7 Å². The van der Waals surface area contributed by atoms with E-state index >= 15 is 0 Å². The van der Waals surface area contributed by atoms with Crippen molar-refractivity contribution in [3.63, 3.8) is 0 Å². The molecular formula is C16H25ClN4O3. The molecule has 1 aliphatic carbocycles. The lowest BCUT2D eigenvalue weighted by molar-refractivity contribution is 0.0530. The summed E-state index contributed by atoms with van der Waals surface area (Å²) in [5.41, 5.74) is -0.454. The summed E-state index contributed by atoms with van der Waals surface area (Å²) in [6, 6.07) is 0. The van der Waals surface area contributed by atoms with E-state index in [-0.39, 0.29) is 10.6 Å². The topological polar surface area (TPSA) is 85.2 Å². The van der Waals surface area contributed by atoms with Crippen LogP contribution in [0.3, 0.4) is 0 Å². The summed E-state index contributed by atoms with van der Waals surface area (Å²) in [6.45, 7) is 6.70. The number of alkyl carbamates (subject to hydrolysis) is 1. The number of anilines is 1. The molecule has 0 spiro atoms. The van der Waals surface area contributed by atoms with Gasteiger partial charge in [-0.2, -0.15) is 5.10 Å². The molecule has 0 bridgehead atoms. The summed E-state index contributed by atoms with van der Waals surface area (Å²) in [7, 11) is 0. The predicted molar refractivity (Wildman–Crippen MR) is 93.6 cm³/mol. The van der Waals surface area contributed by atoms with E-state index in [4.69, 9.17) is 16.3 Å². The van der Waals surface area contributed by atoms with Gasteiger partial charge in [0.05, 0.1) is 11.2 Å². The molecule has 8 heteroatoms. The van der Waals surface area contributed by atoms with Crippen LogP contribution in [0.2, 0.25) is 5.02 Å². The van der Waals surface area contributed by atoms with Crippen molar-refractivity contribution < 1.29 is 9.53 Å². The van der Waals surface area contributed by atoms with Crippen molar-refractivity contribution in [3.05, 3.63) is 21.6 Å². The van der Waals surface area contributed by atoms with Gasteiger partial charge in [-0.05, 0) is 39.5 Å². The van der Waals surface area contributed by atoms with Gasteiger partial charge in [0.25, 0.3) is 5.56 Å². The second-order valence-corrected chi connectivity index (χ2v) is 7.41. The molecule has 2 rings (SSSR count). The third kappa shape index (κ3) is 5.40. The van der Waals surface area contributed by atoms with E-state index in [0.29, 0.717) is 31.2 Å². The quantitative estimate of drug-likeness (QED) is 0.765. The van der Waals surface area contributed by atoms with Crippen LogP contribution in [0.4, 0.5) is 10.5 Å². The molecule has 0 saturated heterocycles. The Morgan fingerprint density at radius 3 is 2.71 bits per heavy atom. The number of nitrogens with one attached hydrogen (secondary N) is 2. The highest BCUT2D eigenvalue weighted by molar-refractivity contribution is 6.32. The molecule has 1 aromatic heterocycles. The van der Waals surface area contributed by atoms with Crippen LogP contribution in [0.25, 0.3) is 0 Å². The summed E-state index contributed by atoms with van der Waals surface area (Å²) in [4.78, 5) is 24.0. The molecular weight excluding hydrogens is 332 g/mol. The first-order valence-electron chi connectivity index (χ1n) is 8.22. The molecule has 24 heavy (non-hydrogen) atoms. The molecule has 0 aromatic carbocycles. The Bertz CT molecular complexity index is 635. The van der Waals surface area contributed by atoms with Gasteiger partial charge in [0, 0.05) is 19.6 Å². The van der Waals surface area contributed by atoms with Gasteiger partial charge in [-0.3, -0.25) is 4.79 Å². The number of rotatable bonds is 6. The monoisotopic (exact) mass is 356 g/mol. The Kier molecular flexibility index (Phi) is 6.10. The van der Waals surface area contributed by atoms with E-state index < -0.39 is 11.7 Å².